The first-order valence-electron chi connectivity index (χ1n) is 28.8. The number of ether oxygens (including phenoxy) is 1. The van der Waals surface area contributed by atoms with E-state index in [0.29, 0.717) is 22.9 Å². The number of para-hydroxylation sites is 8. The van der Waals surface area contributed by atoms with Crippen LogP contribution in [0.25, 0.3) is 22.5 Å². The van der Waals surface area contributed by atoms with Gasteiger partial charge in [0.1, 0.15) is 0 Å². The van der Waals surface area contributed by atoms with Crippen LogP contribution in [0.1, 0.15) is 55.2 Å². The van der Waals surface area contributed by atoms with Gasteiger partial charge in [-0.1, -0.05) is 54.1 Å². The van der Waals surface area contributed by atoms with Crippen LogP contribution >= 0.6 is 0 Å². The van der Waals surface area contributed by atoms with Crippen LogP contribution in [-0.2, 0) is 41.2 Å². The van der Waals surface area contributed by atoms with Crippen molar-refractivity contribution in [2.45, 2.75) is 59.3 Å². The number of anilines is 11. The molecule has 0 amide bonds. The number of hydrogen-bond acceptors (Lipinski definition) is 11. The minimum atomic E-state index is 0. The van der Waals surface area contributed by atoms with E-state index in [1.54, 1.807) is 0 Å². The minimum absolute atomic E-state index is 0. The van der Waals surface area contributed by atoms with Crippen LogP contribution in [0.4, 0.5) is 62.6 Å². The fourth-order valence-electron chi connectivity index (χ4n) is 12.2. The summed E-state index contributed by atoms with van der Waals surface area (Å²) in [5.74, 6) is 1.25. The molecule has 2 saturated heterocycles. The molecule has 0 spiro atoms. The molecular weight excluding hydrogens is 1400 g/mol. The fraction of sp³-hybridized carbons (Fsp3) is 0.225. The van der Waals surface area contributed by atoms with E-state index >= 15 is 0 Å². The Hall–Kier alpha value is -7.62. The Morgan fingerprint density at radius 2 is 1.02 bits per heavy atom. The molecule has 0 bridgehead atoms. The number of unbranched alkanes of at least 4 members (excludes halogenated alkanes) is 1. The Labute approximate surface area is 524 Å². The van der Waals surface area contributed by atoms with Gasteiger partial charge in [0.15, 0.2) is 0 Å². The molecule has 1 radical (unpaired) electrons. The van der Waals surface area contributed by atoms with Crippen LogP contribution in [0.15, 0.2) is 164 Å². The molecule has 14 rings (SSSR count). The standard InChI is InChI=1S/C41H40N6O.C30H26N4.Ir.Pt/c1-28-19-29(2)41(30(3)20-28)31-21-33(47-27-44(4)37-11-5-6-12-38(37)47)23-34(22-31)48-40-24-36(43-26-39(40)46-17-9-10-18-46)35-14-13-32(25-42-35)45-15-7-8-16-45;1-3-13-25(14-4-1)33-23-31(27-17-7-9-19-29(27)33)21-11-12-22-32-24-34(26-15-5-2-6-16-26)30-20-10-8-18-28(30)32;;/h5-6,11-13,19-22,25-27H,7-10,15-18H2,1-4H3;1-10,13,15,17-20,23-24H,11-12,21-22H2;;/q2*-4;;. The second kappa shape index (κ2) is 26.1. The Morgan fingerprint density at radius 3 is 1.57 bits per heavy atom. The van der Waals surface area contributed by atoms with Crippen molar-refractivity contribution in [3.8, 4) is 34.0 Å². The molecule has 7 aromatic carbocycles. The summed E-state index contributed by atoms with van der Waals surface area (Å²) >= 11 is 0. The van der Waals surface area contributed by atoms with Crippen LogP contribution in [0.3, 0.4) is 0 Å². The topological polar surface area (TPSA) is 60.9 Å². The Balaban J connectivity index is 0.000000181. The molecule has 9 aromatic rings. The van der Waals surface area contributed by atoms with Crippen LogP contribution in [0.5, 0.6) is 11.5 Å². The number of rotatable bonds is 14. The molecule has 0 N–H and O–H groups in total. The van der Waals surface area contributed by atoms with Gasteiger partial charge in [0.25, 0.3) is 0 Å². The first kappa shape index (κ1) is 58.2. The van der Waals surface area contributed by atoms with Gasteiger partial charge in [-0.15, -0.1) is 52.2 Å². The van der Waals surface area contributed by atoms with Crippen molar-refractivity contribution in [3.05, 3.63) is 231 Å². The maximum atomic E-state index is 6.87. The first-order chi connectivity index (χ1) is 40.3. The third kappa shape index (κ3) is 12.2. The van der Waals surface area contributed by atoms with E-state index in [4.69, 9.17) is 14.7 Å². The summed E-state index contributed by atoms with van der Waals surface area (Å²) in [6.45, 7) is 19.1. The molecule has 7 heterocycles. The number of nitrogens with zero attached hydrogens (tertiary/aromatic N) is 10. The number of aromatic nitrogens is 2. The normalized spacial score (nSPS) is 14.9. The largest absolute Gasteiger partial charge is 0.508 e. The Kier molecular flexibility index (Phi) is 18.1. The second-order valence-corrected chi connectivity index (χ2v) is 21.8. The van der Waals surface area contributed by atoms with E-state index in [1.807, 2.05) is 42.7 Å². The smallest absolute Gasteiger partial charge is 0.0326 e. The number of benzene rings is 7. The van der Waals surface area contributed by atoms with Crippen molar-refractivity contribution in [1.29, 1.82) is 0 Å². The minimum Gasteiger partial charge on any atom is -0.508 e. The molecule has 2 aromatic heterocycles. The quantitative estimate of drug-likeness (QED) is 0.0773. The predicted octanol–water partition coefficient (Wildman–Crippen LogP) is 15.8. The summed E-state index contributed by atoms with van der Waals surface area (Å²) in [4.78, 5) is 27.8. The maximum absolute atomic E-state index is 6.87. The van der Waals surface area contributed by atoms with Gasteiger partial charge in [-0.3, -0.25) is 0 Å². The van der Waals surface area contributed by atoms with E-state index in [-0.39, 0.29) is 41.2 Å². The van der Waals surface area contributed by atoms with Crippen LogP contribution in [0.2, 0.25) is 0 Å². The van der Waals surface area contributed by atoms with Gasteiger partial charge >= 0.3 is 0 Å². The van der Waals surface area contributed by atoms with Crippen LogP contribution < -0.4 is 43.9 Å². The average Bonchev–Trinajstić information content (AvgIpc) is 2.63. The van der Waals surface area contributed by atoms with Crippen LogP contribution in [-0.4, -0.2) is 56.3 Å². The van der Waals surface area contributed by atoms with Crippen molar-refractivity contribution in [1.82, 2.24) is 9.97 Å². The van der Waals surface area contributed by atoms with Crippen molar-refractivity contribution >= 4 is 62.6 Å². The second-order valence-electron chi connectivity index (χ2n) is 21.8. The van der Waals surface area contributed by atoms with E-state index in [1.165, 1.54) is 57.8 Å². The van der Waals surface area contributed by atoms with Gasteiger partial charge in [0.05, 0.1) is 0 Å². The third-order valence-corrected chi connectivity index (χ3v) is 16.0. The molecule has 84 heavy (non-hydrogen) atoms. The van der Waals surface area contributed by atoms with Gasteiger partial charge in [-0.2, -0.15) is 92.8 Å². The number of fused-ring (bicyclic) bond motifs is 3. The summed E-state index contributed by atoms with van der Waals surface area (Å²) < 4.78 is 6.87. The maximum Gasteiger partial charge on any atom is 0.0326 e. The van der Waals surface area contributed by atoms with Crippen molar-refractivity contribution in [3.63, 3.8) is 0 Å². The van der Waals surface area contributed by atoms with E-state index in [9.17, 15) is 0 Å². The summed E-state index contributed by atoms with van der Waals surface area (Å²) in [6, 6.07) is 70.0. The van der Waals surface area contributed by atoms with Gasteiger partial charge in [-0.05, 0) is 156 Å². The van der Waals surface area contributed by atoms with Gasteiger partial charge in [-0.25, -0.2) is 6.07 Å². The predicted molar refractivity (Wildman–Crippen MR) is 335 cm³/mol. The van der Waals surface area contributed by atoms with Crippen molar-refractivity contribution in [2.75, 3.05) is 85.5 Å². The number of hydrogen-bond donors (Lipinski definition) is 0. The van der Waals surface area contributed by atoms with E-state index in [0.717, 1.165) is 110 Å². The molecule has 11 nitrogen and oxygen atoms in total. The SMILES string of the molecule is Cc1cc(C)c(-c2cc(Oc3[c-]c(-c4[c-]cc(N5CCCC5)cn4)ncc3N3CCCC3)[c-]c(N3[CH-]N(C)c4ccccc43)c2)c(C)c1.[Ir].[Pt].[c-]1ccccc1N1[CH-]N(CCCCN2[CH-]N(c3[c-]cccc3)c3ccccc32)c2ccccc21. The van der Waals surface area contributed by atoms with Gasteiger partial charge in [0.2, 0.25) is 0 Å². The molecular formula is C71H66IrN10OPt-8. The van der Waals surface area contributed by atoms with Crippen molar-refractivity contribution < 1.29 is 45.9 Å². The Morgan fingerprint density at radius 1 is 0.512 bits per heavy atom. The summed E-state index contributed by atoms with van der Waals surface area (Å²) in [5, 5.41) is 0. The molecule has 2 fully saturated rings. The molecule has 0 aliphatic carbocycles. The van der Waals surface area contributed by atoms with E-state index < -0.39 is 0 Å². The number of aryl methyl sites for hydroxylation is 3. The zero-order chi connectivity index (χ0) is 55.5. The molecule has 13 heteroatoms. The third-order valence-electron chi connectivity index (χ3n) is 16.0. The monoisotopic (exact) mass is 1460 g/mol. The molecule has 5 aliphatic rings. The zero-order valence-corrected chi connectivity index (χ0v) is 52.5. The van der Waals surface area contributed by atoms with Gasteiger partial charge in [0, 0.05) is 113 Å². The van der Waals surface area contributed by atoms with Crippen LogP contribution in [0, 0.1) is 71.1 Å². The molecule has 5 aliphatic heterocycles. The summed E-state index contributed by atoms with van der Waals surface area (Å²) in [7, 11) is 2.08. The number of pyridine rings is 2. The van der Waals surface area contributed by atoms with Gasteiger partial charge < -0.3 is 53.9 Å². The molecule has 0 atom stereocenters. The average molecular weight is 1460 g/mol. The molecule has 0 unspecified atom stereocenters. The molecule has 433 valence electrons. The van der Waals surface area contributed by atoms with Crippen molar-refractivity contribution in [2.24, 2.45) is 0 Å². The first-order valence-corrected chi connectivity index (χ1v) is 28.8. The summed E-state index contributed by atoms with van der Waals surface area (Å²) in [6.07, 6.45) is 10.8. The summed E-state index contributed by atoms with van der Waals surface area (Å²) in [5.41, 5.74) is 19.5. The van der Waals surface area contributed by atoms with E-state index in [2.05, 4.69) is 239 Å². The molecule has 0 saturated carbocycles. The zero-order valence-electron chi connectivity index (χ0n) is 47.8. The Bertz CT molecular complexity index is 3570. The fourth-order valence-corrected chi connectivity index (χ4v) is 12.2.